The molecule has 0 radical (unpaired) electrons. The summed E-state index contributed by atoms with van der Waals surface area (Å²) in [6.07, 6.45) is 1.16. The van der Waals surface area contributed by atoms with E-state index in [1.807, 2.05) is 0 Å². The van der Waals surface area contributed by atoms with Crippen molar-refractivity contribution in [3.05, 3.63) is 0 Å². The van der Waals surface area contributed by atoms with E-state index in [-0.39, 0.29) is 11.8 Å². The molecule has 1 saturated carbocycles. The van der Waals surface area contributed by atoms with Gasteiger partial charge in [-0.25, -0.2) is 4.79 Å². The predicted octanol–water partition coefficient (Wildman–Crippen LogP) is 0.790. The Morgan fingerprint density at radius 1 is 1.56 bits per heavy atom. The molecule has 1 aliphatic carbocycles. The van der Waals surface area contributed by atoms with Crippen molar-refractivity contribution in [3.8, 4) is 0 Å². The average Bonchev–Trinajstić information content (AvgIpc) is 2.76. The maximum Gasteiger partial charge on any atom is 0.408 e. The van der Waals surface area contributed by atoms with Gasteiger partial charge in [0.25, 0.3) is 0 Å². The zero-order valence-electron chi connectivity index (χ0n) is 9.92. The van der Waals surface area contributed by atoms with Gasteiger partial charge in [0.1, 0.15) is 11.1 Å². The van der Waals surface area contributed by atoms with Gasteiger partial charge in [0.05, 0.1) is 0 Å². The molecule has 1 heterocycles. The van der Waals surface area contributed by atoms with Crippen molar-refractivity contribution < 1.29 is 14.3 Å². The van der Waals surface area contributed by atoms with Crippen molar-refractivity contribution in [2.45, 2.75) is 44.8 Å². The Balaban J connectivity index is 1.95. The second-order valence-corrected chi connectivity index (χ2v) is 5.54. The lowest BCUT2D eigenvalue weighted by Crippen LogP contribution is -2.54. The van der Waals surface area contributed by atoms with Gasteiger partial charge in [-0.15, -0.1) is 0 Å². The van der Waals surface area contributed by atoms with E-state index in [0.717, 1.165) is 12.8 Å². The van der Waals surface area contributed by atoms with Gasteiger partial charge in [0, 0.05) is 6.54 Å². The van der Waals surface area contributed by atoms with Gasteiger partial charge >= 0.3 is 6.09 Å². The van der Waals surface area contributed by atoms with E-state index in [2.05, 4.69) is 10.6 Å². The molecule has 2 atom stereocenters. The molecular formula is C11H18N2O3. The smallest absolute Gasteiger partial charge is 0.408 e. The number of hydrogen-bond donors (Lipinski definition) is 2. The summed E-state index contributed by atoms with van der Waals surface area (Å²) in [5, 5.41) is 5.48. The van der Waals surface area contributed by atoms with Crippen LogP contribution in [0.5, 0.6) is 0 Å². The normalized spacial score (nSPS) is 32.4. The van der Waals surface area contributed by atoms with E-state index in [1.165, 1.54) is 0 Å². The second-order valence-electron chi connectivity index (χ2n) is 5.54. The highest BCUT2D eigenvalue weighted by Gasteiger charge is 2.62. The van der Waals surface area contributed by atoms with Gasteiger partial charge in [-0.05, 0) is 39.5 Å². The highest BCUT2D eigenvalue weighted by molar-refractivity contribution is 5.94. The molecule has 16 heavy (non-hydrogen) atoms. The number of rotatable bonds is 1. The summed E-state index contributed by atoms with van der Waals surface area (Å²) in [4.78, 5) is 23.3. The van der Waals surface area contributed by atoms with Gasteiger partial charge in [0.15, 0.2) is 0 Å². The number of fused-ring (bicyclic) bond motifs is 1. The maximum atomic E-state index is 11.7. The quantitative estimate of drug-likeness (QED) is 0.694. The topological polar surface area (TPSA) is 67.4 Å². The first-order valence-electron chi connectivity index (χ1n) is 5.63. The van der Waals surface area contributed by atoms with Crippen LogP contribution in [0.15, 0.2) is 0 Å². The Kier molecular flexibility index (Phi) is 2.36. The molecule has 0 aromatic carbocycles. The van der Waals surface area contributed by atoms with Crippen molar-refractivity contribution >= 4 is 12.0 Å². The van der Waals surface area contributed by atoms with Crippen LogP contribution < -0.4 is 10.6 Å². The fourth-order valence-electron chi connectivity index (χ4n) is 2.17. The van der Waals surface area contributed by atoms with E-state index in [9.17, 15) is 9.59 Å². The molecule has 2 aliphatic rings. The van der Waals surface area contributed by atoms with Crippen molar-refractivity contribution in [1.29, 1.82) is 0 Å². The molecule has 5 nitrogen and oxygen atoms in total. The first-order valence-corrected chi connectivity index (χ1v) is 5.63. The highest BCUT2D eigenvalue weighted by Crippen LogP contribution is 2.47. The third kappa shape index (κ3) is 1.99. The molecule has 2 fully saturated rings. The largest absolute Gasteiger partial charge is 0.444 e. The third-order valence-electron chi connectivity index (χ3n) is 3.01. The first kappa shape index (κ1) is 11.2. The highest BCUT2D eigenvalue weighted by atomic mass is 16.6. The monoisotopic (exact) mass is 226 g/mol. The van der Waals surface area contributed by atoms with Crippen molar-refractivity contribution in [2.75, 3.05) is 6.54 Å². The predicted molar refractivity (Wildman–Crippen MR) is 57.8 cm³/mol. The van der Waals surface area contributed by atoms with Crippen LogP contribution in [-0.4, -0.2) is 29.7 Å². The van der Waals surface area contributed by atoms with Crippen LogP contribution in [0.4, 0.5) is 4.79 Å². The molecule has 2 N–H and O–H groups in total. The number of carbonyl (C=O) groups excluding carboxylic acids is 2. The molecule has 2 amide bonds. The van der Waals surface area contributed by atoms with Gasteiger partial charge < -0.3 is 15.4 Å². The van der Waals surface area contributed by atoms with Crippen LogP contribution in [0.25, 0.3) is 0 Å². The lowest BCUT2D eigenvalue weighted by atomic mass is 10.1. The fourth-order valence-corrected chi connectivity index (χ4v) is 2.17. The van der Waals surface area contributed by atoms with Crippen molar-refractivity contribution in [1.82, 2.24) is 10.6 Å². The number of ether oxygens (including phenoxy) is 1. The number of carbonyl (C=O) groups is 2. The zero-order valence-corrected chi connectivity index (χ0v) is 9.92. The first-order chi connectivity index (χ1) is 7.33. The number of hydrogen-bond acceptors (Lipinski definition) is 3. The molecule has 90 valence electrons. The molecule has 0 aromatic rings. The maximum absolute atomic E-state index is 11.7. The Bertz CT molecular complexity index is 335. The van der Waals surface area contributed by atoms with Gasteiger partial charge in [0.2, 0.25) is 5.91 Å². The second kappa shape index (κ2) is 3.37. The van der Waals surface area contributed by atoms with Crippen molar-refractivity contribution in [2.24, 2.45) is 5.92 Å². The molecule has 0 bridgehead atoms. The van der Waals surface area contributed by atoms with E-state index < -0.39 is 17.2 Å². The Labute approximate surface area is 94.9 Å². The fraction of sp³-hybridized carbons (Fsp3) is 0.818. The summed E-state index contributed by atoms with van der Waals surface area (Å²) in [5.41, 5.74) is -1.21. The molecule has 2 unspecified atom stereocenters. The minimum absolute atomic E-state index is 0.0744. The molecule has 0 spiro atoms. The molecule has 0 aromatic heterocycles. The van der Waals surface area contributed by atoms with Crippen LogP contribution in [0.2, 0.25) is 0 Å². The van der Waals surface area contributed by atoms with Gasteiger partial charge in [-0.2, -0.15) is 0 Å². The standard InChI is InChI=1S/C11H18N2O3/c1-10(2,3)16-9(15)13-11-6-7(11)4-5-12-8(11)14/h7H,4-6H2,1-3H3,(H,12,14)(H,13,15). The summed E-state index contributed by atoms with van der Waals surface area (Å²) in [7, 11) is 0. The summed E-state index contributed by atoms with van der Waals surface area (Å²) in [6, 6.07) is 0. The average molecular weight is 226 g/mol. The van der Waals surface area contributed by atoms with Crippen LogP contribution >= 0.6 is 0 Å². The van der Waals surface area contributed by atoms with Crippen molar-refractivity contribution in [3.63, 3.8) is 0 Å². The number of amides is 2. The zero-order chi connectivity index (χ0) is 12.0. The van der Waals surface area contributed by atoms with E-state index in [1.54, 1.807) is 20.8 Å². The summed E-state index contributed by atoms with van der Waals surface area (Å²) < 4.78 is 5.15. The van der Waals surface area contributed by atoms with Gasteiger partial charge in [-0.1, -0.05) is 0 Å². The van der Waals surface area contributed by atoms with Crippen LogP contribution in [0.3, 0.4) is 0 Å². The SMILES string of the molecule is CC(C)(C)OC(=O)NC12CC1CCNC2=O. The number of alkyl carbamates (subject to hydrolysis) is 1. The van der Waals surface area contributed by atoms with Crippen LogP contribution in [-0.2, 0) is 9.53 Å². The Morgan fingerprint density at radius 3 is 2.81 bits per heavy atom. The molecule has 5 heteroatoms. The van der Waals surface area contributed by atoms with E-state index >= 15 is 0 Å². The molecule has 2 rings (SSSR count). The van der Waals surface area contributed by atoms with E-state index in [0.29, 0.717) is 6.54 Å². The number of nitrogens with one attached hydrogen (secondary N) is 2. The molecular weight excluding hydrogens is 208 g/mol. The lowest BCUT2D eigenvalue weighted by Gasteiger charge is -2.25. The molecule has 1 aliphatic heterocycles. The van der Waals surface area contributed by atoms with Crippen LogP contribution in [0.1, 0.15) is 33.6 Å². The van der Waals surface area contributed by atoms with Gasteiger partial charge in [-0.3, -0.25) is 4.79 Å². The molecule has 1 saturated heterocycles. The summed E-state index contributed by atoms with van der Waals surface area (Å²) >= 11 is 0. The van der Waals surface area contributed by atoms with Crippen LogP contribution in [0, 0.1) is 5.92 Å². The summed E-state index contributed by atoms with van der Waals surface area (Å²) in [5.74, 6) is 0.211. The number of piperidine rings is 1. The Hall–Kier alpha value is -1.26. The minimum Gasteiger partial charge on any atom is -0.444 e. The third-order valence-corrected chi connectivity index (χ3v) is 3.01. The Morgan fingerprint density at radius 2 is 2.25 bits per heavy atom. The summed E-state index contributed by atoms with van der Waals surface area (Å²) in [6.45, 7) is 6.11. The lowest BCUT2D eigenvalue weighted by molar-refractivity contribution is -0.125. The van der Waals surface area contributed by atoms with E-state index in [4.69, 9.17) is 4.74 Å². The minimum atomic E-state index is -0.680.